The number of methoxy groups -OCH3 is 1. The molecule has 1 unspecified atom stereocenters. The fourth-order valence-corrected chi connectivity index (χ4v) is 2.50. The van der Waals surface area contributed by atoms with E-state index in [1.54, 1.807) is 13.3 Å². The Balaban J connectivity index is 2.73. The van der Waals surface area contributed by atoms with Gasteiger partial charge < -0.3 is 14.7 Å². The molecule has 0 saturated carbocycles. The van der Waals surface area contributed by atoms with E-state index in [0.717, 1.165) is 36.7 Å². The van der Waals surface area contributed by atoms with Crippen LogP contribution in [0, 0.1) is 0 Å². The lowest BCUT2D eigenvalue weighted by Gasteiger charge is -2.16. The van der Waals surface area contributed by atoms with Crippen molar-refractivity contribution in [2.45, 2.75) is 26.0 Å². The molecule has 1 atom stereocenters. The maximum Gasteiger partial charge on any atom is 0.162 e. The van der Waals surface area contributed by atoms with E-state index in [9.17, 15) is 5.11 Å². The van der Waals surface area contributed by atoms with Crippen LogP contribution in [0.25, 0.3) is 0 Å². The first-order valence-corrected chi connectivity index (χ1v) is 7.75. The van der Waals surface area contributed by atoms with Crippen LogP contribution in [0.5, 0.6) is 5.75 Å². The van der Waals surface area contributed by atoms with Gasteiger partial charge in [-0.05, 0) is 32.0 Å². The molecule has 19 heavy (non-hydrogen) atoms. The molecule has 0 bridgehead atoms. The van der Waals surface area contributed by atoms with Gasteiger partial charge in [0.2, 0.25) is 0 Å². The Bertz CT molecular complexity index is 369. The number of hydrogen-bond donors (Lipinski definition) is 1. The summed E-state index contributed by atoms with van der Waals surface area (Å²) in [7, 11) is 5.66. The van der Waals surface area contributed by atoms with Crippen LogP contribution in [-0.2, 0) is 6.54 Å². The molecule has 0 radical (unpaired) electrons. The molecule has 110 valence electrons. The number of aliphatic hydroxyl groups excluding tert-OH is 1. The Labute approximate surface area is 119 Å². The van der Waals surface area contributed by atoms with Crippen LogP contribution in [0.15, 0.2) is 6.20 Å². The number of hydrogen-bond acceptors (Lipinski definition) is 5. The molecule has 0 spiro atoms. The average Bonchev–Trinajstić information content (AvgIpc) is 2.79. The van der Waals surface area contributed by atoms with Gasteiger partial charge in [0.25, 0.3) is 0 Å². The van der Waals surface area contributed by atoms with E-state index in [2.05, 4.69) is 16.9 Å². The van der Waals surface area contributed by atoms with Gasteiger partial charge >= 0.3 is 0 Å². The molecule has 1 heterocycles. The van der Waals surface area contributed by atoms with E-state index >= 15 is 0 Å². The summed E-state index contributed by atoms with van der Waals surface area (Å²) in [6, 6.07) is 0. The molecule has 1 rings (SSSR count). The SMILES string of the molecule is CCSCCC(O)c1c(OC)cnn1CCN(C)C. The molecule has 0 aliphatic carbocycles. The fraction of sp³-hybridized carbons (Fsp3) is 0.769. The lowest BCUT2D eigenvalue weighted by atomic mass is 10.2. The molecule has 5 nitrogen and oxygen atoms in total. The van der Waals surface area contributed by atoms with E-state index in [0.29, 0.717) is 5.75 Å². The molecule has 0 saturated heterocycles. The second-order valence-corrected chi connectivity index (χ2v) is 6.02. The quantitative estimate of drug-likeness (QED) is 0.700. The highest BCUT2D eigenvalue weighted by molar-refractivity contribution is 7.99. The normalized spacial score (nSPS) is 12.9. The molecule has 0 amide bonds. The number of aliphatic hydroxyl groups is 1. The predicted molar refractivity (Wildman–Crippen MR) is 79.9 cm³/mol. The standard InChI is InChI=1S/C13H25N3O2S/c1-5-19-9-6-11(17)13-12(18-4)10-14-16(13)8-7-15(2)3/h10-11,17H,5-9H2,1-4H3. The Morgan fingerprint density at radius 1 is 1.53 bits per heavy atom. The maximum atomic E-state index is 10.3. The number of rotatable bonds is 9. The summed E-state index contributed by atoms with van der Waals surface area (Å²) in [5, 5.41) is 14.6. The van der Waals surface area contributed by atoms with Gasteiger partial charge in [0.1, 0.15) is 11.8 Å². The van der Waals surface area contributed by atoms with Gasteiger partial charge in [0.15, 0.2) is 5.75 Å². The van der Waals surface area contributed by atoms with Crippen molar-refractivity contribution in [3.63, 3.8) is 0 Å². The number of aromatic nitrogens is 2. The largest absolute Gasteiger partial charge is 0.493 e. The molecule has 1 N–H and O–H groups in total. The summed E-state index contributed by atoms with van der Waals surface area (Å²) in [6.45, 7) is 3.76. The summed E-state index contributed by atoms with van der Waals surface area (Å²) in [5.74, 6) is 2.69. The van der Waals surface area contributed by atoms with Crippen molar-refractivity contribution in [2.75, 3.05) is 39.3 Å². The Hall–Kier alpha value is -0.720. The van der Waals surface area contributed by atoms with Crippen LogP contribution in [0.1, 0.15) is 25.1 Å². The zero-order chi connectivity index (χ0) is 14.3. The molecule has 0 aliphatic rings. The van der Waals surface area contributed by atoms with Crippen LogP contribution >= 0.6 is 11.8 Å². The van der Waals surface area contributed by atoms with Gasteiger partial charge in [-0.3, -0.25) is 4.68 Å². The second-order valence-electron chi connectivity index (χ2n) is 4.63. The predicted octanol–water partition coefficient (Wildman–Crippen LogP) is 1.63. The Kier molecular flexibility index (Phi) is 7.27. The maximum absolute atomic E-state index is 10.3. The van der Waals surface area contributed by atoms with Crippen LogP contribution in [0.4, 0.5) is 0 Å². The van der Waals surface area contributed by atoms with Crippen molar-refractivity contribution in [3.05, 3.63) is 11.9 Å². The first kappa shape index (κ1) is 16.3. The van der Waals surface area contributed by atoms with Crippen LogP contribution < -0.4 is 4.74 Å². The van der Waals surface area contributed by atoms with Gasteiger partial charge in [-0.2, -0.15) is 16.9 Å². The molecule has 1 aromatic rings. The molecule has 0 aromatic carbocycles. The Morgan fingerprint density at radius 3 is 2.84 bits per heavy atom. The highest BCUT2D eigenvalue weighted by Gasteiger charge is 2.19. The number of thioether (sulfide) groups is 1. The smallest absolute Gasteiger partial charge is 0.162 e. The Morgan fingerprint density at radius 2 is 2.26 bits per heavy atom. The topological polar surface area (TPSA) is 50.5 Å². The van der Waals surface area contributed by atoms with Crippen molar-refractivity contribution in [1.82, 2.24) is 14.7 Å². The van der Waals surface area contributed by atoms with Gasteiger partial charge in [-0.1, -0.05) is 6.92 Å². The number of likely N-dealkylation sites (N-methyl/N-ethyl adjacent to an activating group) is 1. The number of ether oxygens (including phenoxy) is 1. The van der Waals surface area contributed by atoms with Crippen molar-refractivity contribution >= 4 is 11.8 Å². The van der Waals surface area contributed by atoms with Crippen molar-refractivity contribution in [2.24, 2.45) is 0 Å². The summed E-state index contributed by atoms with van der Waals surface area (Å²) >= 11 is 1.83. The monoisotopic (exact) mass is 287 g/mol. The molecule has 6 heteroatoms. The average molecular weight is 287 g/mol. The van der Waals surface area contributed by atoms with E-state index in [-0.39, 0.29) is 0 Å². The first-order chi connectivity index (χ1) is 9.10. The minimum atomic E-state index is -0.515. The zero-order valence-corrected chi connectivity index (χ0v) is 13.1. The van der Waals surface area contributed by atoms with Crippen molar-refractivity contribution in [1.29, 1.82) is 0 Å². The van der Waals surface area contributed by atoms with Gasteiger partial charge in [0, 0.05) is 6.54 Å². The zero-order valence-electron chi connectivity index (χ0n) is 12.3. The van der Waals surface area contributed by atoms with Gasteiger partial charge in [0.05, 0.1) is 19.9 Å². The summed E-state index contributed by atoms with van der Waals surface area (Å²) in [4.78, 5) is 2.09. The highest BCUT2D eigenvalue weighted by atomic mass is 32.2. The van der Waals surface area contributed by atoms with Crippen LogP contribution in [-0.4, -0.2) is 59.0 Å². The third-order valence-electron chi connectivity index (χ3n) is 2.88. The van der Waals surface area contributed by atoms with Crippen molar-refractivity contribution < 1.29 is 9.84 Å². The van der Waals surface area contributed by atoms with E-state index in [1.165, 1.54) is 0 Å². The summed E-state index contributed by atoms with van der Waals surface area (Å²) in [6.07, 6.45) is 1.89. The van der Waals surface area contributed by atoms with Gasteiger partial charge in [-0.25, -0.2) is 0 Å². The molecule has 0 aliphatic heterocycles. The molecular formula is C13H25N3O2S. The van der Waals surface area contributed by atoms with E-state index < -0.39 is 6.10 Å². The molecular weight excluding hydrogens is 262 g/mol. The van der Waals surface area contributed by atoms with E-state index in [1.807, 2.05) is 30.5 Å². The lowest BCUT2D eigenvalue weighted by molar-refractivity contribution is 0.158. The molecule has 1 aromatic heterocycles. The molecule has 0 fully saturated rings. The minimum absolute atomic E-state index is 0.515. The number of nitrogens with zero attached hydrogens (tertiary/aromatic N) is 3. The third kappa shape index (κ3) is 5.04. The lowest BCUT2D eigenvalue weighted by Crippen LogP contribution is -2.21. The third-order valence-corrected chi connectivity index (χ3v) is 3.81. The summed E-state index contributed by atoms with van der Waals surface area (Å²) < 4.78 is 7.14. The summed E-state index contributed by atoms with van der Waals surface area (Å²) in [5.41, 5.74) is 0.793. The minimum Gasteiger partial charge on any atom is -0.493 e. The second kappa shape index (κ2) is 8.45. The fourth-order valence-electron chi connectivity index (χ4n) is 1.82. The first-order valence-electron chi connectivity index (χ1n) is 6.60. The van der Waals surface area contributed by atoms with Gasteiger partial charge in [-0.15, -0.1) is 0 Å². The highest BCUT2D eigenvalue weighted by Crippen LogP contribution is 2.28. The van der Waals surface area contributed by atoms with E-state index in [4.69, 9.17) is 4.74 Å². The van der Waals surface area contributed by atoms with Crippen LogP contribution in [0.2, 0.25) is 0 Å². The van der Waals surface area contributed by atoms with Crippen molar-refractivity contribution in [3.8, 4) is 5.75 Å². The van der Waals surface area contributed by atoms with Crippen LogP contribution in [0.3, 0.4) is 0 Å².